The molecule has 13 heavy (non-hydrogen) atoms. The number of benzene rings is 1. The van der Waals surface area contributed by atoms with Crippen LogP contribution >= 0.6 is 34.8 Å². The third-order valence-electron chi connectivity index (χ3n) is 1.52. The van der Waals surface area contributed by atoms with Gasteiger partial charge in [0.05, 0.1) is 5.02 Å². The molecule has 0 saturated carbocycles. The largest absolute Gasteiger partial charge is 0.386 e. The first-order chi connectivity index (χ1) is 6.02. The highest BCUT2D eigenvalue weighted by atomic mass is 35.5. The minimum atomic E-state index is -1.05. The van der Waals surface area contributed by atoms with Gasteiger partial charge in [-0.2, -0.15) is 0 Å². The molecule has 1 N–H and O–H groups in total. The van der Waals surface area contributed by atoms with Gasteiger partial charge in [0.25, 0.3) is 0 Å². The van der Waals surface area contributed by atoms with Crippen LogP contribution in [0.1, 0.15) is 11.7 Å². The Morgan fingerprint density at radius 1 is 1.31 bits per heavy atom. The summed E-state index contributed by atoms with van der Waals surface area (Å²) in [5.74, 6) is -0.543. The molecular weight excluding hydrogens is 237 g/mol. The summed E-state index contributed by atoms with van der Waals surface area (Å²) in [4.78, 5) is -0.957. The van der Waals surface area contributed by atoms with Crippen molar-refractivity contribution in [1.29, 1.82) is 0 Å². The van der Waals surface area contributed by atoms with E-state index in [-0.39, 0.29) is 5.02 Å². The maximum Gasteiger partial charge on any atom is 0.141 e. The van der Waals surface area contributed by atoms with E-state index in [0.29, 0.717) is 5.56 Å². The molecule has 1 unspecified atom stereocenters. The van der Waals surface area contributed by atoms with Crippen LogP contribution in [0.15, 0.2) is 18.2 Å². The van der Waals surface area contributed by atoms with Crippen LogP contribution in [-0.2, 0) is 0 Å². The fourth-order valence-corrected chi connectivity index (χ4v) is 1.32. The SMILES string of the molecule is OC(c1ccc(F)c(Cl)c1)C(Cl)Cl. The number of hydrogen-bond donors (Lipinski definition) is 1. The van der Waals surface area contributed by atoms with E-state index in [1.807, 2.05) is 0 Å². The summed E-state index contributed by atoms with van der Waals surface area (Å²) in [7, 11) is 0. The average Bonchev–Trinajstić information content (AvgIpc) is 2.08. The first kappa shape index (κ1) is 11.1. The van der Waals surface area contributed by atoms with Crippen molar-refractivity contribution in [2.75, 3.05) is 0 Å². The van der Waals surface area contributed by atoms with Gasteiger partial charge >= 0.3 is 0 Å². The Kier molecular flexibility index (Phi) is 3.80. The number of rotatable bonds is 2. The molecule has 5 heteroatoms. The molecule has 0 radical (unpaired) electrons. The number of alkyl halides is 2. The van der Waals surface area contributed by atoms with E-state index < -0.39 is 16.8 Å². The van der Waals surface area contributed by atoms with E-state index in [1.165, 1.54) is 12.1 Å². The van der Waals surface area contributed by atoms with E-state index in [9.17, 15) is 9.50 Å². The zero-order chi connectivity index (χ0) is 10.0. The second-order valence-electron chi connectivity index (χ2n) is 2.45. The second kappa shape index (κ2) is 4.47. The molecule has 1 aromatic rings. The normalized spacial score (nSPS) is 13.4. The molecular formula is C8H6Cl3FO. The lowest BCUT2D eigenvalue weighted by Crippen LogP contribution is -2.05. The van der Waals surface area contributed by atoms with Gasteiger partial charge in [0.15, 0.2) is 0 Å². The molecule has 0 aliphatic heterocycles. The average molecular weight is 243 g/mol. The van der Waals surface area contributed by atoms with Crippen molar-refractivity contribution in [3.05, 3.63) is 34.6 Å². The first-order valence-corrected chi connectivity index (χ1v) is 4.68. The Balaban J connectivity index is 2.97. The summed E-state index contributed by atoms with van der Waals surface area (Å²) in [6.07, 6.45) is -1.05. The Bertz CT molecular complexity index is 303. The Morgan fingerprint density at radius 3 is 2.38 bits per heavy atom. The summed E-state index contributed by atoms with van der Waals surface area (Å²) in [5.41, 5.74) is 0.390. The Labute approximate surface area is 90.0 Å². The molecule has 0 spiro atoms. The predicted octanol–water partition coefficient (Wildman–Crippen LogP) is 3.32. The van der Waals surface area contributed by atoms with E-state index >= 15 is 0 Å². The summed E-state index contributed by atoms with van der Waals surface area (Å²) >= 11 is 16.4. The molecule has 0 bridgehead atoms. The molecule has 0 aromatic heterocycles. The third kappa shape index (κ3) is 2.71. The quantitative estimate of drug-likeness (QED) is 0.790. The molecule has 0 fully saturated rings. The van der Waals surface area contributed by atoms with Gasteiger partial charge in [-0.05, 0) is 17.7 Å². The van der Waals surface area contributed by atoms with Crippen LogP contribution in [0, 0.1) is 5.82 Å². The molecule has 72 valence electrons. The van der Waals surface area contributed by atoms with E-state index in [1.54, 1.807) is 0 Å². The molecule has 1 rings (SSSR count). The van der Waals surface area contributed by atoms with Crippen molar-refractivity contribution in [1.82, 2.24) is 0 Å². The van der Waals surface area contributed by atoms with Crippen LogP contribution in [0.4, 0.5) is 4.39 Å². The minimum absolute atomic E-state index is 0.0643. The molecule has 0 aliphatic carbocycles. The zero-order valence-corrected chi connectivity index (χ0v) is 8.61. The van der Waals surface area contributed by atoms with E-state index in [0.717, 1.165) is 6.07 Å². The second-order valence-corrected chi connectivity index (χ2v) is 4.02. The fourth-order valence-electron chi connectivity index (χ4n) is 0.842. The molecule has 1 aromatic carbocycles. The Hall–Kier alpha value is -0.0200. The van der Waals surface area contributed by atoms with Crippen molar-refractivity contribution < 1.29 is 9.50 Å². The van der Waals surface area contributed by atoms with E-state index in [2.05, 4.69) is 0 Å². The highest BCUT2D eigenvalue weighted by Gasteiger charge is 2.16. The van der Waals surface area contributed by atoms with Crippen molar-refractivity contribution in [2.24, 2.45) is 0 Å². The lowest BCUT2D eigenvalue weighted by molar-refractivity contribution is 0.193. The lowest BCUT2D eigenvalue weighted by Gasteiger charge is -2.11. The molecule has 0 amide bonds. The van der Waals surface area contributed by atoms with Crippen molar-refractivity contribution in [3.8, 4) is 0 Å². The third-order valence-corrected chi connectivity index (χ3v) is 2.29. The first-order valence-electron chi connectivity index (χ1n) is 3.43. The fraction of sp³-hybridized carbons (Fsp3) is 0.250. The topological polar surface area (TPSA) is 20.2 Å². The maximum absolute atomic E-state index is 12.7. The summed E-state index contributed by atoms with van der Waals surface area (Å²) in [5, 5.41) is 9.30. The smallest absolute Gasteiger partial charge is 0.141 e. The number of halogens is 4. The van der Waals surface area contributed by atoms with Crippen molar-refractivity contribution >= 4 is 34.8 Å². The molecule has 0 saturated heterocycles. The van der Waals surface area contributed by atoms with Crippen LogP contribution in [0.5, 0.6) is 0 Å². The van der Waals surface area contributed by atoms with Gasteiger partial charge in [-0.25, -0.2) is 4.39 Å². The number of aliphatic hydroxyl groups is 1. The van der Waals surface area contributed by atoms with Gasteiger partial charge in [-0.15, -0.1) is 23.2 Å². The summed E-state index contributed by atoms with van der Waals surface area (Å²) in [6, 6.07) is 3.82. The molecule has 1 nitrogen and oxygen atoms in total. The van der Waals surface area contributed by atoms with Gasteiger partial charge in [-0.1, -0.05) is 17.7 Å². The van der Waals surface area contributed by atoms with Crippen LogP contribution in [0.2, 0.25) is 5.02 Å². The van der Waals surface area contributed by atoms with Gasteiger partial charge in [0.2, 0.25) is 0 Å². The van der Waals surface area contributed by atoms with Crippen LogP contribution in [0.3, 0.4) is 0 Å². The minimum Gasteiger partial charge on any atom is -0.386 e. The summed E-state index contributed by atoms with van der Waals surface area (Å²) < 4.78 is 12.7. The predicted molar refractivity (Wildman–Crippen MR) is 51.9 cm³/mol. The lowest BCUT2D eigenvalue weighted by atomic mass is 10.1. The number of aliphatic hydroxyl groups excluding tert-OH is 1. The van der Waals surface area contributed by atoms with Crippen LogP contribution in [0.25, 0.3) is 0 Å². The standard InChI is InChI=1S/C8H6Cl3FO/c9-5-3-4(1-2-6(5)12)7(13)8(10)11/h1-3,7-8,13H. The summed E-state index contributed by atoms with van der Waals surface area (Å²) in [6.45, 7) is 0. The van der Waals surface area contributed by atoms with Gasteiger partial charge in [-0.3, -0.25) is 0 Å². The molecule has 0 heterocycles. The zero-order valence-electron chi connectivity index (χ0n) is 6.35. The maximum atomic E-state index is 12.7. The number of hydrogen-bond acceptors (Lipinski definition) is 1. The van der Waals surface area contributed by atoms with Gasteiger partial charge in [0.1, 0.15) is 16.8 Å². The highest BCUT2D eigenvalue weighted by molar-refractivity contribution is 6.44. The van der Waals surface area contributed by atoms with Crippen LogP contribution < -0.4 is 0 Å². The van der Waals surface area contributed by atoms with Crippen LogP contribution in [-0.4, -0.2) is 9.94 Å². The van der Waals surface area contributed by atoms with Crippen molar-refractivity contribution in [2.45, 2.75) is 10.9 Å². The van der Waals surface area contributed by atoms with E-state index in [4.69, 9.17) is 34.8 Å². The molecule has 1 atom stereocenters. The highest BCUT2D eigenvalue weighted by Crippen LogP contribution is 2.26. The molecule has 0 aliphatic rings. The van der Waals surface area contributed by atoms with Gasteiger partial charge < -0.3 is 5.11 Å². The Morgan fingerprint density at radius 2 is 1.92 bits per heavy atom. The van der Waals surface area contributed by atoms with Crippen molar-refractivity contribution in [3.63, 3.8) is 0 Å². The monoisotopic (exact) mass is 242 g/mol. The van der Waals surface area contributed by atoms with Gasteiger partial charge in [0, 0.05) is 0 Å².